The van der Waals surface area contributed by atoms with Crippen LogP contribution in [0, 0.1) is 6.92 Å². The Morgan fingerprint density at radius 3 is 2.68 bits per heavy atom. The molecule has 0 amide bonds. The van der Waals surface area contributed by atoms with Crippen molar-refractivity contribution in [1.82, 2.24) is 4.98 Å². The van der Waals surface area contributed by atoms with E-state index in [0.717, 1.165) is 21.1 Å². The quantitative estimate of drug-likeness (QED) is 0.326. The maximum absolute atomic E-state index is 12.9. The summed E-state index contributed by atoms with van der Waals surface area (Å²) in [6, 6.07) is 16.6. The number of carbonyl (C=O) groups excluding carboxylic acids is 1. The minimum atomic E-state index is -0.455. The molecule has 28 heavy (non-hydrogen) atoms. The zero-order chi connectivity index (χ0) is 19.7. The smallest absolute Gasteiger partial charge is 0.339 e. The third-order valence-corrected chi connectivity index (χ3v) is 5.10. The summed E-state index contributed by atoms with van der Waals surface area (Å²) in [7, 11) is 0. The van der Waals surface area contributed by atoms with Gasteiger partial charge < -0.3 is 9.15 Å². The van der Waals surface area contributed by atoms with Crippen molar-refractivity contribution in [2.24, 2.45) is 0 Å². The fourth-order valence-electron chi connectivity index (χ4n) is 3.00. The number of carbonyl (C=O) groups is 1. The SMILES string of the molecule is Cc1cc(Cl)cc2c(C(=O)OCc3ccco3)cc(-c3ccc(Br)cc3)nc12. The summed E-state index contributed by atoms with van der Waals surface area (Å²) in [6.07, 6.45) is 1.54. The Balaban J connectivity index is 1.82. The van der Waals surface area contributed by atoms with Crippen LogP contribution in [0.4, 0.5) is 0 Å². The number of aromatic nitrogens is 1. The molecule has 2 heterocycles. The molecule has 0 spiro atoms. The zero-order valence-corrected chi connectivity index (χ0v) is 17.3. The van der Waals surface area contributed by atoms with E-state index in [4.69, 9.17) is 25.7 Å². The number of fused-ring (bicyclic) bond motifs is 1. The molecule has 0 saturated carbocycles. The van der Waals surface area contributed by atoms with Gasteiger partial charge in [0.2, 0.25) is 0 Å². The van der Waals surface area contributed by atoms with Crippen molar-refractivity contribution < 1.29 is 13.9 Å². The molecule has 0 radical (unpaired) electrons. The van der Waals surface area contributed by atoms with Gasteiger partial charge in [0.05, 0.1) is 23.0 Å². The van der Waals surface area contributed by atoms with Crippen LogP contribution in [0.3, 0.4) is 0 Å². The van der Waals surface area contributed by atoms with Crippen LogP contribution in [0.5, 0.6) is 0 Å². The predicted octanol–water partition coefficient (Wildman–Crippen LogP) is 6.58. The Labute approximate surface area is 175 Å². The number of halogens is 2. The van der Waals surface area contributed by atoms with Gasteiger partial charge in [-0.15, -0.1) is 0 Å². The lowest BCUT2D eigenvalue weighted by Gasteiger charge is -2.12. The number of nitrogens with zero attached hydrogens (tertiary/aromatic N) is 1. The van der Waals surface area contributed by atoms with Gasteiger partial charge in [-0.1, -0.05) is 39.7 Å². The zero-order valence-electron chi connectivity index (χ0n) is 14.9. The maximum Gasteiger partial charge on any atom is 0.339 e. The summed E-state index contributed by atoms with van der Waals surface area (Å²) in [6.45, 7) is 1.98. The van der Waals surface area contributed by atoms with Crippen LogP contribution in [0.25, 0.3) is 22.2 Å². The van der Waals surface area contributed by atoms with Crippen molar-refractivity contribution >= 4 is 44.4 Å². The summed E-state index contributed by atoms with van der Waals surface area (Å²) < 4.78 is 11.7. The van der Waals surface area contributed by atoms with Crippen molar-refractivity contribution in [3.8, 4) is 11.3 Å². The van der Waals surface area contributed by atoms with E-state index < -0.39 is 5.97 Å². The highest BCUT2D eigenvalue weighted by Crippen LogP contribution is 2.30. The Morgan fingerprint density at radius 2 is 1.96 bits per heavy atom. The number of esters is 1. The van der Waals surface area contributed by atoms with Gasteiger partial charge in [0.25, 0.3) is 0 Å². The average Bonchev–Trinajstić information content (AvgIpc) is 3.20. The van der Waals surface area contributed by atoms with Crippen LogP contribution in [0.1, 0.15) is 21.7 Å². The summed E-state index contributed by atoms with van der Waals surface area (Å²) in [4.78, 5) is 17.6. The molecule has 0 saturated heterocycles. The molecular formula is C22H15BrClNO3. The van der Waals surface area contributed by atoms with E-state index in [9.17, 15) is 4.79 Å². The van der Waals surface area contributed by atoms with Crippen LogP contribution >= 0.6 is 27.5 Å². The van der Waals surface area contributed by atoms with Crippen LogP contribution in [-0.2, 0) is 11.3 Å². The second kappa shape index (κ2) is 7.78. The van der Waals surface area contributed by atoms with Gasteiger partial charge >= 0.3 is 5.97 Å². The maximum atomic E-state index is 12.9. The Bertz CT molecular complexity index is 1150. The molecule has 0 fully saturated rings. The minimum absolute atomic E-state index is 0.0583. The highest BCUT2D eigenvalue weighted by atomic mass is 79.9. The minimum Gasteiger partial charge on any atom is -0.466 e. The number of hydrogen-bond acceptors (Lipinski definition) is 4. The van der Waals surface area contributed by atoms with Crippen LogP contribution in [-0.4, -0.2) is 11.0 Å². The van der Waals surface area contributed by atoms with Crippen molar-refractivity contribution in [1.29, 1.82) is 0 Å². The molecule has 4 nitrogen and oxygen atoms in total. The molecule has 140 valence electrons. The topological polar surface area (TPSA) is 52.3 Å². The van der Waals surface area contributed by atoms with Gasteiger partial charge in [0.15, 0.2) is 0 Å². The van der Waals surface area contributed by atoms with Crippen LogP contribution in [0.15, 0.2) is 69.8 Å². The molecule has 0 unspecified atom stereocenters. The first-order valence-corrected chi connectivity index (χ1v) is 9.75. The standard InChI is InChI=1S/C22H15BrClNO3/c1-13-9-16(24)10-18-19(22(26)28-12-17-3-2-8-27-17)11-20(25-21(13)18)14-4-6-15(23)7-5-14/h2-11H,12H2,1H3. The monoisotopic (exact) mass is 455 g/mol. The number of pyridine rings is 1. The predicted molar refractivity (Wildman–Crippen MR) is 112 cm³/mol. The first kappa shape index (κ1) is 18.7. The van der Waals surface area contributed by atoms with E-state index in [0.29, 0.717) is 27.4 Å². The van der Waals surface area contributed by atoms with E-state index in [1.54, 1.807) is 30.5 Å². The molecule has 0 atom stereocenters. The van der Waals surface area contributed by atoms with Crippen molar-refractivity contribution in [3.05, 3.63) is 87.2 Å². The van der Waals surface area contributed by atoms with Crippen molar-refractivity contribution in [2.75, 3.05) is 0 Å². The fourth-order valence-corrected chi connectivity index (χ4v) is 3.54. The Morgan fingerprint density at radius 1 is 1.18 bits per heavy atom. The molecule has 0 aliphatic carbocycles. The highest BCUT2D eigenvalue weighted by Gasteiger charge is 2.18. The third-order valence-electron chi connectivity index (χ3n) is 4.35. The normalized spacial score (nSPS) is 11.0. The Kier molecular flexibility index (Phi) is 5.20. The average molecular weight is 457 g/mol. The van der Waals surface area contributed by atoms with Crippen LogP contribution < -0.4 is 0 Å². The Hall–Kier alpha value is -2.63. The largest absolute Gasteiger partial charge is 0.466 e. The third kappa shape index (κ3) is 3.81. The number of benzene rings is 2. The van der Waals surface area contributed by atoms with E-state index in [-0.39, 0.29) is 6.61 Å². The second-order valence-corrected chi connectivity index (χ2v) is 7.69. The molecule has 2 aromatic heterocycles. The van der Waals surface area contributed by atoms with Gasteiger partial charge in [0.1, 0.15) is 12.4 Å². The molecule has 6 heteroatoms. The summed E-state index contributed by atoms with van der Waals surface area (Å²) in [5, 5.41) is 1.21. The lowest BCUT2D eigenvalue weighted by molar-refractivity contribution is 0.0448. The molecule has 4 aromatic rings. The molecule has 0 aliphatic heterocycles. The first-order chi connectivity index (χ1) is 13.5. The molecule has 0 bridgehead atoms. The molecular weight excluding hydrogens is 442 g/mol. The van der Waals surface area contributed by atoms with Gasteiger partial charge in [-0.3, -0.25) is 0 Å². The molecule has 4 rings (SSSR count). The van der Waals surface area contributed by atoms with E-state index in [2.05, 4.69) is 15.9 Å². The molecule has 0 N–H and O–H groups in total. The van der Waals surface area contributed by atoms with Gasteiger partial charge in [-0.25, -0.2) is 9.78 Å². The number of hydrogen-bond donors (Lipinski definition) is 0. The summed E-state index contributed by atoms with van der Waals surface area (Å²) in [5.41, 5.74) is 3.62. The summed E-state index contributed by atoms with van der Waals surface area (Å²) >= 11 is 9.67. The van der Waals surface area contributed by atoms with Gasteiger partial charge in [-0.05, 0) is 55.0 Å². The van der Waals surface area contributed by atoms with Gasteiger partial charge in [0, 0.05) is 20.4 Å². The first-order valence-electron chi connectivity index (χ1n) is 8.57. The van der Waals surface area contributed by atoms with Gasteiger partial charge in [-0.2, -0.15) is 0 Å². The van der Waals surface area contributed by atoms with E-state index in [1.807, 2.05) is 37.3 Å². The molecule has 0 aliphatic rings. The van der Waals surface area contributed by atoms with E-state index in [1.165, 1.54) is 0 Å². The molecule has 2 aromatic carbocycles. The van der Waals surface area contributed by atoms with Crippen molar-refractivity contribution in [3.63, 3.8) is 0 Å². The number of furan rings is 1. The lowest BCUT2D eigenvalue weighted by Crippen LogP contribution is -2.07. The van der Waals surface area contributed by atoms with Crippen LogP contribution in [0.2, 0.25) is 5.02 Å². The van der Waals surface area contributed by atoms with E-state index >= 15 is 0 Å². The second-order valence-electron chi connectivity index (χ2n) is 6.34. The highest BCUT2D eigenvalue weighted by molar-refractivity contribution is 9.10. The number of rotatable bonds is 4. The number of ether oxygens (including phenoxy) is 1. The number of aryl methyl sites for hydroxylation is 1. The summed E-state index contributed by atoms with van der Waals surface area (Å²) in [5.74, 6) is 0.123. The lowest BCUT2D eigenvalue weighted by atomic mass is 10.0. The fraction of sp³-hybridized carbons (Fsp3) is 0.0909. The van der Waals surface area contributed by atoms with Crippen molar-refractivity contribution in [2.45, 2.75) is 13.5 Å².